The third kappa shape index (κ3) is 5.20. The van der Waals surface area contributed by atoms with E-state index < -0.39 is 5.97 Å². The summed E-state index contributed by atoms with van der Waals surface area (Å²) in [5, 5.41) is 11.1. The van der Waals surface area contributed by atoms with Gasteiger partial charge in [-0.1, -0.05) is 5.57 Å². The van der Waals surface area contributed by atoms with Gasteiger partial charge < -0.3 is 10.4 Å². The Labute approximate surface area is 89.4 Å². The smallest absolute Gasteiger partial charge is 0.303 e. The average molecular weight is 211 g/mol. The van der Waals surface area contributed by atoms with Crippen molar-refractivity contribution in [2.75, 3.05) is 6.54 Å². The molecule has 0 aromatic rings. The highest BCUT2D eigenvalue weighted by molar-refractivity contribution is 5.88. The number of carboxylic acids is 1. The summed E-state index contributed by atoms with van der Waals surface area (Å²) in [5.41, 5.74) is 1.13. The highest BCUT2D eigenvalue weighted by Crippen LogP contribution is 2.35. The fraction of sp³-hybridized carbons (Fsp3) is 0.636. The van der Waals surface area contributed by atoms with E-state index in [4.69, 9.17) is 5.11 Å². The molecule has 0 saturated heterocycles. The van der Waals surface area contributed by atoms with Crippen LogP contribution in [0.3, 0.4) is 0 Å². The molecule has 2 N–H and O–H groups in total. The number of amides is 1. The van der Waals surface area contributed by atoms with Crippen LogP contribution >= 0.6 is 0 Å². The zero-order valence-electron chi connectivity index (χ0n) is 8.95. The first kappa shape index (κ1) is 11.8. The van der Waals surface area contributed by atoms with E-state index in [-0.39, 0.29) is 12.3 Å². The molecule has 0 aromatic carbocycles. The molecule has 0 bridgehead atoms. The molecule has 1 amide bonds. The van der Waals surface area contributed by atoms with Crippen LogP contribution in [-0.4, -0.2) is 23.5 Å². The van der Waals surface area contributed by atoms with Crippen molar-refractivity contribution in [2.24, 2.45) is 5.92 Å². The van der Waals surface area contributed by atoms with Crippen LogP contribution in [0.1, 0.15) is 32.6 Å². The van der Waals surface area contributed by atoms with Gasteiger partial charge in [0.05, 0.1) is 0 Å². The van der Waals surface area contributed by atoms with Crippen LogP contribution in [0.2, 0.25) is 0 Å². The van der Waals surface area contributed by atoms with E-state index in [0.29, 0.717) is 18.9 Å². The van der Waals surface area contributed by atoms with E-state index in [2.05, 4.69) is 5.32 Å². The van der Waals surface area contributed by atoms with Gasteiger partial charge in [0, 0.05) is 19.0 Å². The van der Waals surface area contributed by atoms with Gasteiger partial charge in [-0.15, -0.1) is 0 Å². The summed E-state index contributed by atoms with van der Waals surface area (Å²) in [6, 6.07) is 0. The van der Waals surface area contributed by atoms with Gasteiger partial charge in [0.25, 0.3) is 0 Å². The molecule has 0 spiro atoms. The van der Waals surface area contributed by atoms with Crippen molar-refractivity contribution in [2.45, 2.75) is 32.6 Å². The van der Waals surface area contributed by atoms with Gasteiger partial charge >= 0.3 is 5.97 Å². The number of hydrogen-bond acceptors (Lipinski definition) is 2. The Morgan fingerprint density at radius 1 is 1.47 bits per heavy atom. The highest BCUT2D eigenvalue weighted by Gasteiger charge is 2.23. The molecule has 0 heterocycles. The van der Waals surface area contributed by atoms with Gasteiger partial charge in [0.15, 0.2) is 0 Å². The van der Waals surface area contributed by atoms with Gasteiger partial charge in [-0.05, 0) is 32.1 Å². The second-order valence-corrected chi connectivity index (χ2v) is 3.95. The lowest BCUT2D eigenvalue weighted by molar-refractivity contribution is -0.137. The lowest BCUT2D eigenvalue weighted by Gasteiger charge is -2.01. The molecule has 1 saturated carbocycles. The molecular weight excluding hydrogens is 194 g/mol. The number of hydrogen-bond donors (Lipinski definition) is 2. The molecule has 0 atom stereocenters. The quantitative estimate of drug-likeness (QED) is 0.514. The standard InChI is InChI=1S/C11H17NO3/c1-8(9-4-5-9)7-10(13)12-6-2-3-11(14)15/h7,9H,2-6H2,1H3,(H,12,13)(H,14,15)/b8-7-. The van der Waals surface area contributed by atoms with Crippen molar-refractivity contribution in [1.82, 2.24) is 5.32 Å². The van der Waals surface area contributed by atoms with E-state index in [1.165, 1.54) is 12.8 Å². The van der Waals surface area contributed by atoms with Crippen molar-refractivity contribution < 1.29 is 14.7 Å². The topological polar surface area (TPSA) is 66.4 Å². The van der Waals surface area contributed by atoms with Crippen LogP contribution in [0.4, 0.5) is 0 Å². The molecule has 84 valence electrons. The number of rotatable bonds is 6. The molecular formula is C11H17NO3. The second-order valence-electron chi connectivity index (χ2n) is 3.95. The van der Waals surface area contributed by atoms with Gasteiger partial charge in [0.2, 0.25) is 5.91 Å². The van der Waals surface area contributed by atoms with Crippen LogP contribution in [-0.2, 0) is 9.59 Å². The Hall–Kier alpha value is -1.32. The molecule has 1 aliphatic rings. The van der Waals surface area contributed by atoms with Gasteiger partial charge in [-0.25, -0.2) is 0 Å². The van der Waals surface area contributed by atoms with Crippen LogP contribution < -0.4 is 5.32 Å². The number of carbonyl (C=O) groups is 2. The summed E-state index contributed by atoms with van der Waals surface area (Å²) in [7, 11) is 0. The second kappa shape index (κ2) is 5.53. The third-order valence-corrected chi connectivity index (χ3v) is 2.45. The largest absolute Gasteiger partial charge is 0.481 e. The lowest BCUT2D eigenvalue weighted by Crippen LogP contribution is -2.23. The zero-order valence-corrected chi connectivity index (χ0v) is 8.95. The minimum Gasteiger partial charge on any atom is -0.481 e. The molecule has 0 aromatic heterocycles. The Morgan fingerprint density at radius 2 is 2.13 bits per heavy atom. The summed E-state index contributed by atoms with van der Waals surface area (Å²) in [4.78, 5) is 21.5. The average Bonchev–Trinajstić information content (AvgIpc) is 2.94. The first-order valence-electron chi connectivity index (χ1n) is 5.27. The van der Waals surface area contributed by atoms with Crippen LogP contribution in [0.25, 0.3) is 0 Å². The minimum atomic E-state index is -0.825. The summed E-state index contributed by atoms with van der Waals surface area (Å²) < 4.78 is 0. The number of allylic oxidation sites excluding steroid dienone is 1. The summed E-state index contributed by atoms with van der Waals surface area (Å²) in [6.07, 6.45) is 4.59. The van der Waals surface area contributed by atoms with Crippen molar-refractivity contribution in [3.05, 3.63) is 11.6 Å². The molecule has 1 rings (SSSR count). The maximum atomic E-state index is 11.3. The number of carbonyl (C=O) groups excluding carboxylic acids is 1. The Bertz CT molecular complexity index is 280. The molecule has 0 radical (unpaired) electrons. The predicted molar refractivity (Wildman–Crippen MR) is 56.4 cm³/mol. The minimum absolute atomic E-state index is 0.103. The molecule has 15 heavy (non-hydrogen) atoms. The van der Waals surface area contributed by atoms with Crippen LogP contribution in [0.15, 0.2) is 11.6 Å². The van der Waals surface area contributed by atoms with E-state index in [0.717, 1.165) is 5.57 Å². The predicted octanol–water partition coefficient (Wildman–Crippen LogP) is 1.32. The normalized spacial score (nSPS) is 16.2. The Morgan fingerprint density at radius 3 is 2.67 bits per heavy atom. The maximum Gasteiger partial charge on any atom is 0.303 e. The van der Waals surface area contributed by atoms with Gasteiger partial charge in [-0.3, -0.25) is 9.59 Å². The number of nitrogens with one attached hydrogen (secondary N) is 1. The van der Waals surface area contributed by atoms with Crippen LogP contribution in [0.5, 0.6) is 0 Å². The molecule has 0 unspecified atom stereocenters. The Balaban J connectivity index is 2.12. The SMILES string of the molecule is C/C(=C/C(=O)NCCCC(=O)O)C1CC1. The highest BCUT2D eigenvalue weighted by atomic mass is 16.4. The summed E-state index contributed by atoms with van der Waals surface area (Å²) in [6.45, 7) is 2.40. The molecule has 1 aliphatic carbocycles. The van der Waals surface area contributed by atoms with E-state index >= 15 is 0 Å². The molecule has 0 aliphatic heterocycles. The van der Waals surface area contributed by atoms with Crippen molar-refractivity contribution in [1.29, 1.82) is 0 Å². The Kier molecular flexibility index (Phi) is 4.34. The fourth-order valence-corrected chi connectivity index (χ4v) is 1.37. The number of carboxylic acid groups (broad SMARTS) is 1. The molecule has 4 nitrogen and oxygen atoms in total. The lowest BCUT2D eigenvalue weighted by atomic mass is 10.2. The van der Waals surface area contributed by atoms with E-state index in [1.807, 2.05) is 6.92 Å². The van der Waals surface area contributed by atoms with E-state index in [9.17, 15) is 9.59 Å². The summed E-state index contributed by atoms with van der Waals surface area (Å²) >= 11 is 0. The van der Waals surface area contributed by atoms with E-state index in [1.54, 1.807) is 6.08 Å². The monoisotopic (exact) mass is 211 g/mol. The van der Waals surface area contributed by atoms with Crippen molar-refractivity contribution in [3.63, 3.8) is 0 Å². The molecule has 4 heteroatoms. The molecule has 1 fully saturated rings. The van der Waals surface area contributed by atoms with Gasteiger partial charge in [-0.2, -0.15) is 0 Å². The number of aliphatic carboxylic acids is 1. The van der Waals surface area contributed by atoms with Crippen molar-refractivity contribution in [3.8, 4) is 0 Å². The fourth-order valence-electron chi connectivity index (χ4n) is 1.37. The maximum absolute atomic E-state index is 11.3. The first-order valence-corrected chi connectivity index (χ1v) is 5.27. The third-order valence-electron chi connectivity index (χ3n) is 2.45. The zero-order chi connectivity index (χ0) is 11.3. The first-order chi connectivity index (χ1) is 7.09. The van der Waals surface area contributed by atoms with Crippen molar-refractivity contribution >= 4 is 11.9 Å². The van der Waals surface area contributed by atoms with Crippen LogP contribution in [0, 0.1) is 5.92 Å². The summed E-state index contributed by atoms with van der Waals surface area (Å²) in [5.74, 6) is -0.325. The van der Waals surface area contributed by atoms with Gasteiger partial charge in [0.1, 0.15) is 0 Å².